The first-order chi connectivity index (χ1) is 15.7. The van der Waals surface area contributed by atoms with E-state index < -0.39 is 11.2 Å². The van der Waals surface area contributed by atoms with E-state index in [0.29, 0.717) is 32.1 Å². The molecule has 0 radical (unpaired) electrons. The summed E-state index contributed by atoms with van der Waals surface area (Å²) in [6.45, 7) is 0.203. The molecule has 170 valence electrons. The van der Waals surface area contributed by atoms with Gasteiger partial charge in [-0.2, -0.15) is 4.98 Å². The third kappa shape index (κ3) is 4.59. The van der Waals surface area contributed by atoms with Crippen LogP contribution in [0.1, 0.15) is 11.1 Å². The van der Waals surface area contributed by atoms with E-state index in [-0.39, 0.29) is 23.7 Å². The van der Waals surface area contributed by atoms with Crippen molar-refractivity contribution < 1.29 is 0 Å². The van der Waals surface area contributed by atoms with Crippen molar-refractivity contribution in [3.8, 4) is 0 Å². The van der Waals surface area contributed by atoms with Gasteiger partial charge in [0, 0.05) is 46.8 Å². The highest BCUT2D eigenvalue weighted by Crippen LogP contribution is 2.26. The van der Waals surface area contributed by atoms with Crippen molar-refractivity contribution in [3.63, 3.8) is 0 Å². The fourth-order valence-corrected chi connectivity index (χ4v) is 4.37. The van der Waals surface area contributed by atoms with Crippen LogP contribution >= 0.6 is 46.4 Å². The number of aliphatic imine (C=N–C) groups is 1. The fraction of sp³-hybridized carbons (Fsp3) is 0.182. The molecule has 0 bridgehead atoms. The van der Waals surface area contributed by atoms with E-state index in [9.17, 15) is 9.59 Å². The molecule has 33 heavy (non-hydrogen) atoms. The third-order valence-electron chi connectivity index (χ3n) is 5.20. The molecule has 0 unspecified atom stereocenters. The molecule has 0 aliphatic rings. The molecule has 4 rings (SSSR count). The summed E-state index contributed by atoms with van der Waals surface area (Å²) in [6, 6.07) is 10.3. The highest BCUT2D eigenvalue weighted by atomic mass is 35.5. The van der Waals surface area contributed by atoms with Gasteiger partial charge in [-0.25, -0.2) is 9.79 Å². The van der Waals surface area contributed by atoms with E-state index in [1.54, 1.807) is 48.2 Å². The molecule has 0 amide bonds. The minimum Gasteiger partial charge on any atom is -0.298 e. The Labute approximate surface area is 208 Å². The second-order valence-corrected chi connectivity index (χ2v) is 9.05. The number of hydrogen-bond acceptors (Lipinski definition) is 4. The Bertz CT molecular complexity index is 1530. The monoisotopic (exact) mass is 523 g/mol. The number of halogens is 4. The van der Waals surface area contributed by atoms with E-state index in [0.717, 1.165) is 10.1 Å². The zero-order valence-electron chi connectivity index (χ0n) is 17.5. The van der Waals surface area contributed by atoms with Crippen LogP contribution in [0.5, 0.6) is 0 Å². The first-order valence-electron chi connectivity index (χ1n) is 9.74. The van der Waals surface area contributed by atoms with Gasteiger partial charge in [0.05, 0.1) is 6.54 Å². The predicted molar refractivity (Wildman–Crippen MR) is 134 cm³/mol. The number of benzene rings is 2. The van der Waals surface area contributed by atoms with Crippen molar-refractivity contribution >= 4 is 69.7 Å². The summed E-state index contributed by atoms with van der Waals surface area (Å²) in [5.74, 6) is 0.249. The van der Waals surface area contributed by atoms with Crippen molar-refractivity contribution in [2.45, 2.75) is 13.0 Å². The molecular formula is C22H17Cl4N5O2. The van der Waals surface area contributed by atoms with Gasteiger partial charge < -0.3 is 0 Å². The van der Waals surface area contributed by atoms with Crippen LogP contribution in [0, 0.1) is 0 Å². The molecule has 7 nitrogen and oxygen atoms in total. The summed E-state index contributed by atoms with van der Waals surface area (Å²) in [5, 5.41) is 2.00. The second-order valence-electron chi connectivity index (χ2n) is 7.36. The van der Waals surface area contributed by atoms with E-state index in [4.69, 9.17) is 46.4 Å². The smallest absolute Gasteiger partial charge is 0.298 e. The summed E-state index contributed by atoms with van der Waals surface area (Å²) in [4.78, 5) is 34.4. The van der Waals surface area contributed by atoms with Gasteiger partial charge in [-0.1, -0.05) is 58.5 Å². The minimum atomic E-state index is -0.481. The summed E-state index contributed by atoms with van der Waals surface area (Å²) in [6.07, 6.45) is 2.05. The van der Waals surface area contributed by atoms with Crippen molar-refractivity contribution in [1.82, 2.24) is 18.7 Å². The van der Waals surface area contributed by atoms with Crippen LogP contribution in [0.25, 0.3) is 11.2 Å². The van der Waals surface area contributed by atoms with Crippen LogP contribution in [0.4, 0.5) is 5.95 Å². The van der Waals surface area contributed by atoms with Gasteiger partial charge in [0.25, 0.3) is 5.56 Å². The fourth-order valence-electron chi connectivity index (χ4n) is 3.42. The first-order valence-corrected chi connectivity index (χ1v) is 11.2. The van der Waals surface area contributed by atoms with Crippen LogP contribution in [0.2, 0.25) is 20.1 Å². The minimum absolute atomic E-state index is 0.203. The lowest BCUT2D eigenvalue weighted by atomic mass is 10.2. The zero-order valence-corrected chi connectivity index (χ0v) is 20.5. The maximum absolute atomic E-state index is 13.0. The summed E-state index contributed by atoms with van der Waals surface area (Å²) < 4.78 is 3.98. The average molecular weight is 525 g/mol. The molecule has 0 aliphatic heterocycles. The standard InChI is InChI=1S/C22H17Cl4N5O2/c1-29-19-18(20(32)30(2)22(29)33)31(11-13-4-6-15(24)10-17(13)26)21(28-19)27-8-7-12-3-5-14(23)9-16(12)25/h3-6,8-10H,7,11H2,1-2H3. The number of aromatic nitrogens is 4. The largest absolute Gasteiger partial charge is 0.332 e. The van der Waals surface area contributed by atoms with Crippen LogP contribution in [-0.2, 0) is 27.1 Å². The lowest BCUT2D eigenvalue weighted by molar-refractivity contribution is 0.702. The van der Waals surface area contributed by atoms with Crippen LogP contribution in [-0.4, -0.2) is 24.9 Å². The van der Waals surface area contributed by atoms with Crippen molar-refractivity contribution in [2.24, 2.45) is 19.1 Å². The Hall–Kier alpha value is -2.58. The number of fused-ring (bicyclic) bond motifs is 1. The first kappa shape index (κ1) is 23.6. The van der Waals surface area contributed by atoms with Gasteiger partial charge in [-0.15, -0.1) is 0 Å². The quantitative estimate of drug-likeness (QED) is 0.343. The molecule has 2 aromatic carbocycles. The Balaban J connectivity index is 1.84. The van der Waals surface area contributed by atoms with Crippen molar-refractivity contribution in [2.75, 3.05) is 0 Å². The van der Waals surface area contributed by atoms with Crippen molar-refractivity contribution in [3.05, 3.63) is 88.5 Å². The van der Waals surface area contributed by atoms with Gasteiger partial charge in [0.1, 0.15) is 0 Å². The number of rotatable bonds is 5. The molecule has 0 aliphatic carbocycles. The average Bonchev–Trinajstić information content (AvgIpc) is 3.12. The van der Waals surface area contributed by atoms with Gasteiger partial charge in [0.2, 0.25) is 5.95 Å². The van der Waals surface area contributed by atoms with E-state index >= 15 is 0 Å². The van der Waals surface area contributed by atoms with Gasteiger partial charge in [-0.05, 0) is 35.4 Å². The van der Waals surface area contributed by atoms with Crippen molar-refractivity contribution in [1.29, 1.82) is 0 Å². The normalized spacial score (nSPS) is 11.7. The third-order valence-corrected chi connectivity index (χ3v) is 6.38. The Morgan fingerprint density at radius 3 is 2.12 bits per heavy atom. The molecule has 0 fully saturated rings. The Morgan fingerprint density at radius 2 is 1.52 bits per heavy atom. The molecular weight excluding hydrogens is 508 g/mol. The van der Waals surface area contributed by atoms with E-state index in [1.165, 1.54) is 11.6 Å². The molecule has 0 saturated heterocycles. The van der Waals surface area contributed by atoms with Gasteiger partial charge >= 0.3 is 5.69 Å². The molecule has 0 spiro atoms. The maximum Gasteiger partial charge on any atom is 0.332 e. The number of imidazole rings is 1. The molecule has 2 heterocycles. The maximum atomic E-state index is 13.0. The number of nitrogens with zero attached hydrogens (tertiary/aromatic N) is 5. The van der Waals surface area contributed by atoms with E-state index in [2.05, 4.69) is 9.98 Å². The molecule has 4 aromatic rings. The Morgan fingerprint density at radius 1 is 0.909 bits per heavy atom. The lowest BCUT2D eigenvalue weighted by Crippen LogP contribution is -2.37. The highest BCUT2D eigenvalue weighted by molar-refractivity contribution is 6.35. The number of aryl methyl sites for hydroxylation is 1. The molecule has 0 N–H and O–H groups in total. The molecule has 2 aromatic heterocycles. The SMILES string of the molecule is Cn1c(=O)c2c(nc(N=CCc3ccc(Cl)cc3Cl)n2Cc2ccc(Cl)cc2Cl)n(C)c1=O. The summed E-state index contributed by atoms with van der Waals surface area (Å²) in [5.41, 5.74) is 1.05. The predicted octanol–water partition coefficient (Wildman–Crippen LogP) is 5.04. The molecule has 11 heteroatoms. The summed E-state index contributed by atoms with van der Waals surface area (Å²) >= 11 is 24.6. The molecule has 0 atom stereocenters. The Kier molecular flexibility index (Phi) is 6.68. The van der Waals surface area contributed by atoms with Gasteiger partial charge in [0.15, 0.2) is 11.2 Å². The lowest BCUT2D eigenvalue weighted by Gasteiger charge is -2.10. The molecule has 0 saturated carbocycles. The zero-order chi connectivity index (χ0) is 23.9. The highest BCUT2D eigenvalue weighted by Gasteiger charge is 2.19. The second kappa shape index (κ2) is 9.35. The van der Waals surface area contributed by atoms with Crippen LogP contribution in [0.3, 0.4) is 0 Å². The topological polar surface area (TPSA) is 74.2 Å². The van der Waals surface area contributed by atoms with Gasteiger partial charge in [-0.3, -0.25) is 18.5 Å². The summed E-state index contributed by atoms with van der Waals surface area (Å²) in [7, 11) is 2.97. The van der Waals surface area contributed by atoms with Crippen LogP contribution < -0.4 is 11.2 Å². The number of hydrogen-bond donors (Lipinski definition) is 0. The van der Waals surface area contributed by atoms with E-state index in [1.807, 2.05) is 6.07 Å². The van der Waals surface area contributed by atoms with Crippen LogP contribution in [0.15, 0.2) is 51.0 Å².